The molecule has 104 valence electrons. The summed E-state index contributed by atoms with van der Waals surface area (Å²) in [6.07, 6.45) is 0. The van der Waals surface area contributed by atoms with Crippen molar-refractivity contribution in [1.29, 1.82) is 0 Å². The molecule has 1 N–H and O–H groups in total. The normalized spacial score (nSPS) is 9.95. The Morgan fingerprint density at radius 3 is 3.00 bits per heavy atom. The second kappa shape index (κ2) is 6.61. The zero-order chi connectivity index (χ0) is 14.5. The first-order valence-electron chi connectivity index (χ1n) is 5.83. The highest BCUT2D eigenvalue weighted by Gasteiger charge is 2.18. The van der Waals surface area contributed by atoms with Gasteiger partial charge in [-0.25, -0.2) is 0 Å². The molecular weight excluding hydrogens is 294 g/mol. The minimum absolute atomic E-state index is 0.0771. The lowest BCUT2D eigenvalue weighted by molar-refractivity contribution is 0.0789. The molecular formula is C13H13N3O2S2. The molecule has 2 aromatic heterocycles. The number of carbonyl (C=O) groups is 1. The lowest BCUT2D eigenvalue weighted by atomic mass is 10.2. The fraction of sp³-hybridized carbons (Fsp3) is 0.308. The molecule has 0 aliphatic carbocycles. The molecule has 0 spiro atoms. The summed E-state index contributed by atoms with van der Waals surface area (Å²) in [6.45, 7) is 2.13. The van der Waals surface area contributed by atoms with Gasteiger partial charge < -0.3 is 10.0 Å². The van der Waals surface area contributed by atoms with Gasteiger partial charge >= 0.3 is 0 Å². The lowest BCUT2D eigenvalue weighted by Gasteiger charge is -2.15. The van der Waals surface area contributed by atoms with E-state index in [4.69, 9.17) is 5.11 Å². The van der Waals surface area contributed by atoms with Crippen molar-refractivity contribution < 1.29 is 9.90 Å². The van der Waals surface area contributed by atoms with Crippen molar-refractivity contribution in [3.63, 3.8) is 0 Å². The molecule has 7 heteroatoms. The van der Waals surface area contributed by atoms with Crippen molar-refractivity contribution >= 4 is 28.8 Å². The predicted octanol–water partition coefficient (Wildman–Crippen LogP) is 1.52. The number of aromatic nitrogens is 2. The number of carbonyl (C=O) groups excluding carboxylic acids is 1. The first kappa shape index (κ1) is 14.7. The van der Waals surface area contributed by atoms with Crippen LogP contribution < -0.4 is 0 Å². The molecule has 2 rings (SSSR count). The number of rotatable bonds is 3. The molecule has 0 saturated heterocycles. The summed E-state index contributed by atoms with van der Waals surface area (Å²) in [7, 11) is 1.75. The quantitative estimate of drug-likeness (QED) is 0.873. The summed E-state index contributed by atoms with van der Waals surface area (Å²) in [6, 6.07) is 1.93. The van der Waals surface area contributed by atoms with Crippen LogP contribution in [0.4, 0.5) is 0 Å². The van der Waals surface area contributed by atoms with Crippen LogP contribution in [-0.4, -0.2) is 39.2 Å². The number of nitrogens with zero attached hydrogens (tertiary/aromatic N) is 3. The van der Waals surface area contributed by atoms with Crippen molar-refractivity contribution in [1.82, 2.24) is 14.5 Å². The third kappa shape index (κ3) is 3.42. The maximum Gasteiger partial charge on any atom is 0.267 e. The Balaban J connectivity index is 2.04. The van der Waals surface area contributed by atoms with Crippen molar-refractivity contribution in [3.8, 4) is 11.8 Å². The molecule has 0 aliphatic rings. The number of aliphatic hydroxyl groups excluding tert-OH is 1. The van der Waals surface area contributed by atoms with Crippen molar-refractivity contribution in [3.05, 3.63) is 32.5 Å². The van der Waals surface area contributed by atoms with Crippen molar-refractivity contribution in [2.75, 3.05) is 13.7 Å². The van der Waals surface area contributed by atoms with Crippen LogP contribution in [-0.2, 0) is 6.54 Å². The molecule has 5 nitrogen and oxygen atoms in total. The Hall–Kier alpha value is -1.75. The zero-order valence-corrected chi connectivity index (χ0v) is 12.7. The topological polar surface area (TPSA) is 66.3 Å². The van der Waals surface area contributed by atoms with Crippen LogP contribution in [0.1, 0.15) is 25.8 Å². The van der Waals surface area contributed by atoms with E-state index in [9.17, 15) is 4.79 Å². The highest BCUT2D eigenvalue weighted by atomic mass is 32.1. The van der Waals surface area contributed by atoms with Gasteiger partial charge in [-0.05, 0) is 35.5 Å². The van der Waals surface area contributed by atoms with Gasteiger partial charge in [0, 0.05) is 13.6 Å². The van der Waals surface area contributed by atoms with E-state index in [0.717, 1.165) is 22.0 Å². The molecule has 0 unspecified atom stereocenters. The van der Waals surface area contributed by atoms with Crippen LogP contribution in [0.25, 0.3) is 0 Å². The van der Waals surface area contributed by atoms with Gasteiger partial charge in [-0.1, -0.05) is 16.3 Å². The largest absolute Gasteiger partial charge is 0.384 e. The number of hydrogen-bond acceptors (Lipinski definition) is 6. The molecule has 2 heterocycles. The minimum atomic E-state index is -0.150. The second-order valence-electron chi connectivity index (χ2n) is 4.13. The van der Waals surface area contributed by atoms with Crippen LogP contribution >= 0.6 is 22.9 Å². The molecule has 20 heavy (non-hydrogen) atoms. The standard InChI is InChI=1S/C13H13N3O2S2/c1-9-12(20-15-14-9)13(18)16(2)7-10-6-11(19-8-10)4-3-5-17/h6,8,17H,5,7H2,1-2H3. The fourth-order valence-electron chi connectivity index (χ4n) is 1.60. The Bertz CT molecular complexity index is 666. The highest BCUT2D eigenvalue weighted by molar-refractivity contribution is 7.10. The third-order valence-electron chi connectivity index (χ3n) is 2.56. The third-order valence-corrected chi connectivity index (χ3v) is 4.27. The summed E-state index contributed by atoms with van der Waals surface area (Å²) >= 11 is 2.61. The Morgan fingerprint density at radius 1 is 1.55 bits per heavy atom. The summed E-state index contributed by atoms with van der Waals surface area (Å²) in [5, 5.41) is 14.5. The molecule has 0 bridgehead atoms. The molecule has 0 fully saturated rings. The van der Waals surface area contributed by atoms with E-state index in [-0.39, 0.29) is 12.5 Å². The van der Waals surface area contributed by atoms with E-state index < -0.39 is 0 Å². The number of aliphatic hydroxyl groups is 1. The van der Waals surface area contributed by atoms with Gasteiger partial charge in [-0.15, -0.1) is 16.4 Å². The van der Waals surface area contributed by atoms with Crippen LogP contribution in [0.2, 0.25) is 0 Å². The first-order chi connectivity index (χ1) is 9.61. The number of amides is 1. The maximum atomic E-state index is 12.2. The second-order valence-corrected chi connectivity index (χ2v) is 5.79. The van der Waals surface area contributed by atoms with Crippen LogP contribution in [0, 0.1) is 18.8 Å². The van der Waals surface area contributed by atoms with Gasteiger partial charge in [0.05, 0.1) is 10.6 Å². The fourth-order valence-corrected chi connectivity index (χ4v) is 3.02. The van der Waals surface area contributed by atoms with Crippen molar-refractivity contribution in [2.45, 2.75) is 13.5 Å². The monoisotopic (exact) mass is 307 g/mol. The SMILES string of the molecule is Cc1nnsc1C(=O)N(C)Cc1csc(C#CCO)c1. The summed E-state index contributed by atoms with van der Waals surface area (Å²) in [5.74, 6) is 5.38. The van der Waals surface area contributed by atoms with Gasteiger partial charge in [0.15, 0.2) is 0 Å². The predicted molar refractivity (Wildman–Crippen MR) is 78.7 cm³/mol. The number of aryl methyl sites for hydroxylation is 1. The number of thiophene rings is 1. The summed E-state index contributed by atoms with van der Waals surface area (Å²) in [4.78, 5) is 15.3. The van der Waals surface area contributed by atoms with Gasteiger partial charge in [0.1, 0.15) is 11.5 Å². The average Bonchev–Trinajstić information content (AvgIpc) is 3.04. The summed E-state index contributed by atoms with van der Waals surface area (Å²) in [5.41, 5.74) is 1.68. The van der Waals surface area contributed by atoms with Gasteiger partial charge in [-0.2, -0.15) is 0 Å². The minimum Gasteiger partial charge on any atom is -0.384 e. The van der Waals surface area contributed by atoms with Gasteiger partial charge in [-0.3, -0.25) is 4.79 Å². The molecule has 0 atom stereocenters. The van der Waals surface area contributed by atoms with E-state index in [0.29, 0.717) is 17.1 Å². The molecule has 0 radical (unpaired) electrons. The Labute approximate surface area is 125 Å². The van der Waals surface area contributed by atoms with E-state index in [1.807, 2.05) is 11.4 Å². The molecule has 0 aromatic carbocycles. The van der Waals surface area contributed by atoms with Crippen LogP contribution in [0.15, 0.2) is 11.4 Å². The molecule has 2 aromatic rings. The smallest absolute Gasteiger partial charge is 0.267 e. The Kier molecular flexibility index (Phi) is 4.84. The molecule has 1 amide bonds. The highest BCUT2D eigenvalue weighted by Crippen LogP contribution is 2.17. The first-order valence-corrected chi connectivity index (χ1v) is 7.48. The van der Waals surface area contributed by atoms with Crippen molar-refractivity contribution in [2.24, 2.45) is 0 Å². The Morgan fingerprint density at radius 2 is 2.35 bits per heavy atom. The van der Waals surface area contributed by atoms with Crippen LogP contribution in [0.3, 0.4) is 0 Å². The van der Waals surface area contributed by atoms with Crippen LogP contribution in [0.5, 0.6) is 0 Å². The zero-order valence-electron chi connectivity index (χ0n) is 11.1. The van der Waals surface area contributed by atoms with E-state index >= 15 is 0 Å². The van der Waals surface area contributed by atoms with E-state index in [2.05, 4.69) is 21.4 Å². The maximum absolute atomic E-state index is 12.2. The average molecular weight is 307 g/mol. The van der Waals surface area contributed by atoms with Gasteiger partial charge in [0.2, 0.25) is 0 Å². The summed E-state index contributed by atoms with van der Waals surface area (Å²) < 4.78 is 3.77. The van der Waals surface area contributed by atoms with Gasteiger partial charge in [0.25, 0.3) is 5.91 Å². The number of hydrogen-bond donors (Lipinski definition) is 1. The van der Waals surface area contributed by atoms with E-state index in [1.165, 1.54) is 11.3 Å². The van der Waals surface area contributed by atoms with E-state index in [1.54, 1.807) is 18.9 Å². The molecule has 0 saturated carbocycles. The molecule has 0 aliphatic heterocycles. The lowest BCUT2D eigenvalue weighted by Crippen LogP contribution is -2.25.